The Morgan fingerprint density at radius 1 is 1.29 bits per heavy atom. The van der Waals surface area contributed by atoms with Gasteiger partial charge in [-0.05, 0) is 81.4 Å². The third-order valence-corrected chi connectivity index (χ3v) is 4.79. The molecule has 0 atom stereocenters. The van der Waals surface area contributed by atoms with Crippen LogP contribution in [-0.4, -0.2) is 5.91 Å². The number of carbonyl (C=O) groups excluding carboxylic acids is 1. The van der Waals surface area contributed by atoms with Crippen molar-refractivity contribution in [3.63, 3.8) is 0 Å². The van der Waals surface area contributed by atoms with E-state index in [9.17, 15) is 4.79 Å². The topological polar surface area (TPSA) is 76.1 Å². The fourth-order valence-electron chi connectivity index (χ4n) is 2.08. The number of hydrogen-bond donors (Lipinski definition) is 1. The first kappa shape index (κ1) is 18.7. The standard InChI is InChI=1S/C18H14I2N2O2/c1-11-3-2-4-12(5-11)10-24-17-15(19)7-13(8-16(17)20)6-14(9-21)18(22)23/h2-8H,10H2,1H3,(H2,22,23)/b14-6+. The third kappa shape index (κ3) is 4.95. The van der Waals surface area contributed by atoms with Crippen molar-refractivity contribution in [1.82, 2.24) is 0 Å². The Hall–Kier alpha value is -1.60. The van der Waals surface area contributed by atoms with Crippen LogP contribution in [0.4, 0.5) is 0 Å². The summed E-state index contributed by atoms with van der Waals surface area (Å²) in [4.78, 5) is 11.2. The van der Waals surface area contributed by atoms with Crippen molar-refractivity contribution in [3.05, 3.63) is 65.8 Å². The molecule has 24 heavy (non-hydrogen) atoms. The number of rotatable bonds is 5. The lowest BCUT2D eigenvalue weighted by molar-refractivity contribution is -0.114. The number of halogens is 2. The fourth-order valence-corrected chi connectivity index (χ4v) is 4.21. The van der Waals surface area contributed by atoms with E-state index in [4.69, 9.17) is 15.7 Å². The molecule has 0 spiro atoms. The van der Waals surface area contributed by atoms with Gasteiger partial charge in [0.15, 0.2) is 0 Å². The Kier molecular flexibility index (Phi) is 6.62. The molecule has 0 saturated carbocycles. The molecule has 6 heteroatoms. The summed E-state index contributed by atoms with van der Waals surface area (Å²) in [7, 11) is 0. The molecule has 0 aliphatic rings. The van der Waals surface area contributed by atoms with Gasteiger partial charge in [0.1, 0.15) is 24.0 Å². The quantitative estimate of drug-likeness (QED) is 0.349. The van der Waals surface area contributed by atoms with Crippen molar-refractivity contribution in [2.24, 2.45) is 5.73 Å². The summed E-state index contributed by atoms with van der Waals surface area (Å²) in [6, 6.07) is 13.7. The van der Waals surface area contributed by atoms with E-state index in [1.165, 1.54) is 11.6 Å². The van der Waals surface area contributed by atoms with Crippen LogP contribution in [0, 0.1) is 25.4 Å². The van der Waals surface area contributed by atoms with Gasteiger partial charge in [0.25, 0.3) is 5.91 Å². The summed E-state index contributed by atoms with van der Waals surface area (Å²) in [6.07, 6.45) is 1.48. The molecule has 2 N–H and O–H groups in total. The number of amides is 1. The molecule has 0 fully saturated rings. The van der Waals surface area contributed by atoms with Crippen LogP contribution in [0.3, 0.4) is 0 Å². The summed E-state index contributed by atoms with van der Waals surface area (Å²) in [5, 5.41) is 8.94. The van der Waals surface area contributed by atoms with Crippen LogP contribution >= 0.6 is 45.2 Å². The van der Waals surface area contributed by atoms with E-state index < -0.39 is 5.91 Å². The highest BCUT2D eigenvalue weighted by molar-refractivity contribution is 14.1. The lowest BCUT2D eigenvalue weighted by Crippen LogP contribution is -2.12. The smallest absolute Gasteiger partial charge is 0.259 e. The first-order chi connectivity index (χ1) is 11.4. The molecule has 0 saturated heterocycles. The molecule has 2 aromatic rings. The number of nitriles is 1. The van der Waals surface area contributed by atoms with E-state index in [2.05, 4.69) is 51.2 Å². The molecule has 2 aromatic carbocycles. The SMILES string of the molecule is Cc1cccc(COc2c(I)cc(/C=C(\C#N)C(N)=O)cc2I)c1. The Labute approximate surface area is 168 Å². The molecule has 2 rings (SSSR count). The Morgan fingerprint density at radius 2 is 1.96 bits per heavy atom. The minimum atomic E-state index is -0.734. The zero-order chi connectivity index (χ0) is 17.7. The lowest BCUT2D eigenvalue weighted by atomic mass is 10.1. The van der Waals surface area contributed by atoms with Crippen molar-refractivity contribution in [3.8, 4) is 11.8 Å². The molecular weight excluding hydrogens is 530 g/mol. The van der Waals surface area contributed by atoms with E-state index in [1.54, 1.807) is 6.07 Å². The Balaban J connectivity index is 2.24. The largest absolute Gasteiger partial charge is 0.487 e. The van der Waals surface area contributed by atoms with Crippen LogP contribution in [0.1, 0.15) is 16.7 Å². The highest BCUT2D eigenvalue weighted by Crippen LogP contribution is 2.30. The summed E-state index contributed by atoms with van der Waals surface area (Å²) in [5.41, 5.74) is 8.13. The van der Waals surface area contributed by atoms with Gasteiger partial charge in [-0.25, -0.2) is 0 Å². The number of ether oxygens (including phenoxy) is 1. The second-order valence-electron chi connectivity index (χ2n) is 5.13. The molecule has 0 aliphatic carbocycles. The molecule has 0 bridgehead atoms. The zero-order valence-corrected chi connectivity index (χ0v) is 17.2. The molecule has 0 heterocycles. The van der Waals surface area contributed by atoms with Crippen LogP contribution in [0.25, 0.3) is 6.08 Å². The number of hydrogen-bond acceptors (Lipinski definition) is 3. The van der Waals surface area contributed by atoms with Gasteiger partial charge in [0, 0.05) is 0 Å². The van der Waals surface area contributed by atoms with Crippen molar-refractivity contribution in [2.45, 2.75) is 13.5 Å². The Morgan fingerprint density at radius 3 is 2.50 bits per heavy atom. The molecule has 4 nitrogen and oxygen atoms in total. The molecule has 0 radical (unpaired) electrons. The van der Waals surface area contributed by atoms with Crippen LogP contribution in [-0.2, 0) is 11.4 Å². The minimum Gasteiger partial charge on any atom is -0.487 e. The van der Waals surface area contributed by atoms with Gasteiger partial charge < -0.3 is 10.5 Å². The maximum atomic E-state index is 11.2. The van der Waals surface area contributed by atoms with Crippen LogP contribution in [0.15, 0.2) is 42.0 Å². The maximum absolute atomic E-state index is 11.2. The average Bonchev–Trinajstić information content (AvgIpc) is 2.51. The Bertz CT molecular complexity index is 831. The van der Waals surface area contributed by atoms with E-state index in [1.807, 2.05) is 37.3 Å². The van der Waals surface area contributed by atoms with Crippen molar-refractivity contribution in [1.29, 1.82) is 5.26 Å². The number of nitrogens with two attached hydrogens (primary N) is 1. The van der Waals surface area contributed by atoms with Gasteiger partial charge in [0.2, 0.25) is 0 Å². The monoisotopic (exact) mass is 544 g/mol. The number of aryl methyl sites for hydroxylation is 1. The lowest BCUT2D eigenvalue weighted by Gasteiger charge is -2.12. The summed E-state index contributed by atoms with van der Waals surface area (Å²) in [6.45, 7) is 2.53. The van der Waals surface area contributed by atoms with Gasteiger partial charge in [-0.2, -0.15) is 5.26 Å². The molecule has 1 amide bonds. The van der Waals surface area contributed by atoms with Gasteiger partial charge >= 0.3 is 0 Å². The average molecular weight is 544 g/mol. The first-order valence-electron chi connectivity index (χ1n) is 6.99. The number of carbonyl (C=O) groups is 1. The van der Waals surface area contributed by atoms with E-state index in [0.717, 1.165) is 24.0 Å². The highest BCUT2D eigenvalue weighted by atomic mass is 127. The van der Waals surface area contributed by atoms with Crippen LogP contribution in [0.2, 0.25) is 0 Å². The van der Waals surface area contributed by atoms with E-state index in [0.29, 0.717) is 6.61 Å². The highest BCUT2D eigenvalue weighted by Gasteiger charge is 2.10. The second kappa shape index (κ2) is 8.48. The molecule has 122 valence electrons. The predicted octanol–water partition coefficient (Wildman–Crippen LogP) is 4.18. The normalized spacial score (nSPS) is 11.0. The summed E-state index contributed by atoms with van der Waals surface area (Å²) >= 11 is 4.36. The first-order valence-corrected chi connectivity index (χ1v) is 9.15. The molecular formula is C18H14I2N2O2. The van der Waals surface area contributed by atoms with Crippen LogP contribution in [0.5, 0.6) is 5.75 Å². The van der Waals surface area contributed by atoms with Gasteiger partial charge in [0.05, 0.1) is 7.14 Å². The molecule has 0 aliphatic heterocycles. The van der Waals surface area contributed by atoms with Gasteiger partial charge in [-0.3, -0.25) is 4.79 Å². The number of primary amides is 1. The van der Waals surface area contributed by atoms with Crippen molar-refractivity contribution < 1.29 is 9.53 Å². The number of benzene rings is 2. The summed E-state index contributed by atoms with van der Waals surface area (Å²) < 4.78 is 7.76. The molecule has 0 unspecified atom stereocenters. The summed E-state index contributed by atoms with van der Waals surface area (Å²) in [5.74, 6) is 0.0507. The second-order valence-corrected chi connectivity index (χ2v) is 7.45. The zero-order valence-electron chi connectivity index (χ0n) is 12.8. The van der Waals surface area contributed by atoms with Gasteiger partial charge in [-0.1, -0.05) is 29.8 Å². The van der Waals surface area contributed by atoms with E-state index in [-0.39, 0.29) is 5.57 Å². The fraction of sp³-hybridized carbons (Fsp3) is 0.111. The number of nitrogens with zero attached hydrogens (tertiary/aromatic N) is 1. The third-order valence-electron chi connectivity index (χ3n) is 3.18. The maximum Gasteiger partial charge on any atom is 0.259 e. The van der Waals surface area contributed by atoms with Crippen molar-refractivity contribution >= 4 is 57.2 Å². The van der Waals surface area contributed by atoms with E-state index >= 15 is 0 Å². The predicted molar refractivity (Wildman–Crippen MR) is 110 cm³/mol. The van der Waals surface area contributed by atoms with Gasteiger partial charge in [-0.15, -0.1) is 0 Å². The minimum absolute atomic E-state index is 0.0740. The molecule has 0 aromatic heterocycles. The van der Waals surface area contributed by atoms with Crippen LogP contribution < -0.4 is 10.5 Å². The van der Waals surface area contributed by atoms with Crippen molar-refractivity contribution in [2.75, 3.05) is 0 Å².